The summed E-state index contributed by atoms with van der Waals surface area (Å²) in [6, 6.07) is 1.73. The van der Waals surface area contributed by atoms with Gasteiger partial charge in [-0.3, -0.25) is 9.78 Å². The monoisotopic (exact) mass is 349 g/mol. The summed E-state index contributed by atoms with van der Waals surface area (Å²) in [5.41, 5.74) is 6.50. The lowest BCUT2D eigenvalue weighted by Crippen LogP contribution is -2.36. The Hall–Kier alpha value is -1.04. The first-order valence-electron chi connectivity index (χ1n) is 7.17. The third-order valence-corrected chi connectivity index (χ3v) is 4.16. The van der Waals surface area contributed by atoms with Gasteiger partial charge in [0.1, 0.15) is 11.4 Å². The molecule has 3 N–H and O–H groups in total. The van der Waals surface area contributed by atoms with Crippen molar-refractivity contribution in [2.45, 2.75) is 38.5 Å². The molecule has 1 aromatic rings. The van der Waals surface area contributed by atoms with Gasteiger partial charge in [0, 0.05) is 18.7 Å². The summed E-state index contributed by atoms with van der Waals surface area (Å²) in [4.78, 5) is 16.3. The zero-order valence-electron chi connectivity index (χ0n) is 12.8. The number of hydrogen-bond donors (Lipinski definition) is 2. The van der Waals surface area contributed by atoms with Crippen LogP contribution in [-0.4, -0.2) is 24.5 Å². The number of rotatable bonds is 5. The lowest BCUT2D eigenvalue weighted by atomic mass is 9.71. The van der Waals surface area contributed by atoms with E-state index in [0.717, 1.165) is 12.8 Å². The van der Waals surface area contributed by atoms with Gasteiger partial charge in [0.25, 0.3) is 0 Å². The molecule has 1 aliphatic carbocycles. The third-order valence-electron chi connectivity index (χ3n) is 4.16. The van der Waals surface area contributed by atoms with Crippen molar-refractivity contribution in [2.75, 3.05) is 19.0 Å². The van der Waals surface area contributed by atoms with E-state index in [1.807, 2.05) is 0 Å². The first kappa shape index (κ1) is 21.0. The molecule has 0 unspecified atom stereocenters. The number of pyridine rings is 1. The highest BCUT2D eigenvalue weighted by atomic mass is 35.5. The summed E-state index contributed by atoms with van der Waals surface area (Å²) in [6.07, 6.45) is 9.38. The second-order valence-electron chi connectivity index (χ2n) is 5.57. The van der Waals surface area contributed by atoms with Crippen LogP contribution in [0.15, 0.2) is 18.5 Å². The van der Waals surface area contributed by atoms with Crippen LogP contribution < -0.4 is 15.8 Å². The van der Waals surface area contributed by atoms with Crippen molar-refractivity contribution in [1.82, 2.24) is 4.98 Å². The van der Waals surface area contributed by atoms with Crippen LogP contribution in [0.5, 0.6) is 5.75 Å². The van der Waals surface area contributed by atoms with Gasteiger partial charge in [0.15, 0.2) is 0 Å². The van der Waals surface area contributed by atoms with E-state index in [2.05, 4.69) is 10.3 Å². The van der Waals surface area contributed by atoms with Crippen molar-refractivity contribution in [3.8, 4) is 5.75 Å². The number of amides is 1. The number of aromatic nitrogens is 1. The Kier molecular flexibility index (Phi) is 9.41. The fraction of sp³-hybridized carbons (Fsp3) is 0.600. The minimum absolute atomic E-state index is 0. The van der Waals surface area contributed by atoms with Crippen molar-refractivity contribution in [3.05, 3.63) is 18.5 Å². The molecular formula is C15H25Cl2N3O2. The number of methoxy groups -OCH3 is 1. The van der Waals surface area contributed by atoms with Gasteiger partial charge >= 0.3 is 0 Å². The average Bonchev–Trinajstić information content (AvgIpc) is 2.48. The topological polar surface area (TPSA) is 77.2 Å². The van der Waals surface area contributed by atoms with Crippen LogP contribution in [0.2, 0.25) is 0 Å². The molecule has 0 bridgehead atoms. The lowest BCUT2D eigenvalue weighted by molar-refractivity contribution is -0.118. The largest absolute Gasteiger partial charge is 0.494 e. The molecule has 0 radical (unpaired) electrons. The Morgan fingerprint density at radius 2 is 2.05 bits per heavy atom. The van der Waals surface area contributed by atoms with E-state index in [1.165, 1.54) is 19.3 Å². The Labute approximate surface area is 144 Å². The number of nitrogens with two attached hydrogens (primary N) is 1. The van der Waals surface area contributed by atoms with Crippen LogP contribution in [0.1, 0.15) is 38.5 Å². The second kappa shape index (κ2) is 9.87. The van der Waals surface area contributed by atoms with Crippen LogP contribution in [0.4, 0.5) is 5.69 Å². The maximum atomic E-state index is 12.3. The number of halogens is 2. The number of carbonyl (C=O) groups is 1. The van der Waals surface area contributed by atoms with E-state index in [1.54, 1.807) is 25.6 Å². The molecule has 0 atom stereocenters. The summed E-state index contributed by atoms with van der Waals surface area (Å²) in [6.45, 7) is 0.574. The number of nitrogens with one attached hydrogen (secondary N) is 1. The van der Waals surface area contributed by atoms with Crippen LogP contribution in [0, 0.1) is 5.41 Å². The van der Waals surface area contributed by atoms with E-state index < -0.39 is 0 Å². The highest BCUT2D eigenvalue weighted by molar-refractivity contribution is 5.92. The molecule has 2 rings (SSSR count). The normalized spacial score (nSPS) is 15.9. The lowest BCUT2D eigenvalue weighted by Gasteiger charge is -2.35. The molecule has 7 heteroatoms. The Balaban J connectivity index is 0.00000220. The minimum atomic E-state index is -0.0300. The highest BCUT2D eigenvalue weighted by Crippen LogP contribution is 2.38. The molecule has 0 aliphatic heterocycles. The summed E-state index contributed by atoms with van der Waals surface area (Å²) in [5.74, 6) is 0.613. The summed E-state index contributed by atoms with van der Waals surface area (Å²) < 4.78 is 5.21. The van der Waals surface area contributed by atoms with Crippen molar-refractivity contribution in [1.29, 1.82) is 0 Å². The van der Waals surface area contributed by atoms with Gasteiger partial charge in [-0.25, -0.2) is 0 Å². The smallest absolute Gasteiger partial charge is 0.225 e. The Morgan fingerprint density at radius 3 is 2.64 bits per heavy atom. The minimum Gasteiger partial charge on any atom is -0.494 e. The highest BCUT2D eigenvalue weighted by Gasteiger charge is 2.33. The first-order chi connectivity index (χ1) is 9.69. The van der Waals surface area contributed by atoms with E-state index in [9.17, 15) is 4.79 Å². The fourth-order valence-corrected chi connectivity index (χ4v) is 2.94. The Bertz CT molecular complexity index is 466. The zero-order valence-corrected chi connectivity index (χ0v) is 14.5. The van der Waals surface area contributed by atoms with Crippen molar-refractivity contribution < 1.29 is 9.53 Å². The molecule has 1 aromatic heterocycles. The molecular weight excluding hydrogens is 325 g/mol. The van der Waals surface area contributed by atoms with Crippen LogP contribution >= 0.6 is 24.8 Å². The van der Waals surface area contributed by atoms with Crippen LogP contribution in [0.3, 0.4) is 0 Å². The fourth-order valence-electron chi connectivity index (χ4n) is 2.94. The van der Waals surface area contributed by atoms with Gasteiger partial charge in [-0.15, -0.1) is 24.8 Å². The zero-order chi connectivity index (χ0) is 14.4. The molecule has 1 fully saturated rings. The van der Waals surface area contributed by atoms with Gasteiger partial charge in [-0.1, -0.05) is 19.3 Å². The van der Waals surface area contributed by atoms with Crippen LogP contribution in [-0.2, 0) is 4.79 Å². The van der Waals surface area contributed by atoms with Crippen molar-refractivity contribution >= 4 is 36.4 Å². The molecule has 126 valence electrons. The van der Waals surface area contributed by atoms with Gasteiger partial charge in [-0.05, 0) is 24.8 Å². The molecule has 1 amide bonds. The predicted octanol–water partition coefficient (Wildman–Crippen LogP) is 3.17. The molecule has 0 aromatic carbocycles. The van der Waals surface area contributed by atoms with Crippen molar-refractivity contribution in [2.24, 2.45) is 11.1 Å². The number of nitrogens with zero attached hydrogens (tertiary/aromatic N) is 1. The van der Waals surface area contributed by atoms with E-state index in [4.69, 9.17) is 10.5 Å². The molecule has 0 saturated heterocycles. The van der Waals surface area contributed by atoms with Gasteiger partial charge in [0.2, 0.25) is 5.91 Å². The number of ether oxygens (including phenoxy) is 1. The predicted molar refractivity (Wildman–Crippen MR) is 93.1 cm³/mol. The molecule has 0 spiro atoms. The summed E-state index contributed by atoms with van der Waals surface area (Å²) >= 11 is 0. The number of hydrogen-bond acceptors (Lipinski definition) is 4. The van der Waals surface area contributed by atoms with Crippen LogP contribution in [0.25, 0.3) is 0 Å². The SMILES string of the molecule is COc1ccncc1NC(=O)CC1(CN)CCCCC1.Cl.Cl. The van der Waals surface area contributed by atoms with Crippen molar-refractivity contribution in [3.63, 3.8) is 0 Å². The number of carbonyl (C=O) groups excluding carboxylic acids is 1. The average molecular weight is 350 g/mol. The van der Waals surface area contributed by atoms with Gasteiger partial charge in [-0.2, -0.15) is 0 Å². The second-order valence-corrected chi connectivity index (χ2v) is 5.57. The number of anilines is 1. The first-order valence-corrected chi connectivity index (χ1v) is 7.17. The van der Waals surface area contributed by atoms with Gasteiger partial charge in [0.05, 0.1) is 13.3 Å². The maximum absolute atomic E-state index is 12.3. The maximum Gasteiger partial charge on any atom is 0.225 e. The summed E-state index contributed by atoms with van der Waals surface area (Å²) in [5, 5.41) is 2.89. The molecule has 22 heavy (non-hydrogen) atoms. The van der Waals surface area contributed by atoms with E-state index in [-0.39, 0.29) is 36.1 Å². The molecule has 1 saturated carbocycles. The molecule has 1 aliphatic rings. The quantitative estimate of drug-likeness (QED) is 0.855. The molecule has 1 heterocycles. The summed E-state index contributed by atoms with van der Waals surface area (Å²) in [7, 11) is 1.58. The van der Waals surface area contributed by atoms with E-state index >= 15 is 0 Å². The standard InChI is InChI=1S/C15H23N3O2.2ClH/c1-20-13-5-8-17-10-12(13)18-14(19)9-15(11-16)6-3-2-4-7-15;;/h5,8,10H,2-4,6-7,9,11,16H2,1H3,(H,18,19);2*1H. The third kappa shape index (κ3) is 5.30. The van der Waals surface area contributed by atoms with E-state index in [0.29, 0.717) is 24.4 Å². The molecule has 5 nitrogen and oxygen atoms in total. The Morgan fingerprint density at radius 1 is 1.36 bits per heavy atom. The van der Waals surface area contributed by atoms with Gasteiger partial charge < -0.3 is 15.8 Å².